The van der Waals surface area contributed by atoms with E-state index in [1.165, 1.54) is 0 Å². The predicted molar refractivity (Wildman–Crippen MR) is 91.4 cm³/mol. The van der Waals surface area contributed by atoms with E-state index in [0.717, 1.165) is 6.26 Å². The number of sulfonamides is 1. The second kappa shape index (κ2) is 7.70. The van der Waals surface area contributed by atoms with Crippen LogP contribution in [0.2, 0.25) is 10.0 Å². The number of rotatable bonds is 5. The minimum Gasteiger partial charge on any atom is -0.444 e. The average molecular weight is 383 g/mol. The van der Waals surface area contributed by atoms with Crippen molar-refractivity contribution in [3.05, 3.63) is 33.8 Å². The zero-order chi connectivity index (χ0) is 17.8. The summed E-state index contributed by atoms with van der Waals surface area (Å²) in [6.45, 7) is 5.09. The van der Waals surface area contributed by atoms with Gasteiger partial charge in [-0.05, 0) is 32.4 Å². The van der Waals surface area contributed by atoms with Crippen molar-refractivity contribution in [2.24, 2.45) is 0 Å². The van der Waals surface area contributed by atoms with Gasteiger partial charge in [-0.15, -0.1) is 0 Å². The normalized spacial score (nSPS) is 13.5. The van der Waals surface area contributed by atoms with Gasteiger partial charge in [0.05, 0.1) is 22.3 Å². The van der Waals surface area contributed by atoms with Gasteiger partial charge in [0.15, 0.2) is 0 Å². The molecule has 23 heavy (non-hydrogen) atoms. The molecule has 0 radical (unpaired) electrons. The Labute approximate surface area is 146 Å². The molecule has 2 N–H and O–H groups in total. The van der Waals surface area contributed by atoms with E-state index in [1.807, 2.05) is 0 Å². The molecule has 9 heteroatoms. The van der Waals surface area contributed by atoms with Crippen LogP contribution in [0.4, 0.5) is 4.79 Å². The molecule has 0 aromatic heterocycles. The number of carbonyl (C=O) groups is 1. The maximum Gasteiger partial charge on any atom is 0.408 e. The van der Waals surface area contributed by atoms with Gasteiger partial charge in [0.1, 0.15) is 5.60 Å². The van der Waals surface area contributed by atoms with Gasteiger partial charge in [-0.1, -0.05) is 35.3 Å². The lowest BCUT2D eigenvalue weighted by Crippen LogP contribution is -2.40. The summed E-state index contributed by atoms with van der Waals surface area (Å²) in [7, 11) is -3.44. The molecule has 1 atom stereocenters. The molecule has 0 aliphatic rings. The van der Waals surface area contributed by atoms with Crippen LogP contribution in [0.15, 0.2) is 18.2 Å². The highest BCUT2D eigenvalue weighted by Crippen LogP contribution is 2.30. The van der Waals surface area contributed by atoms with E-state index in [4.69, 9.17) is 27.9 Å². The second-order valence-corrected chi connectivity index (χ2v) is 8.58. The number of amides is 1. The highest BCUT2D eigenvalue weighted by Gasteiger charge is 2.23. The molecule has 0 heterocycles. The summed E-state index contributed by atoms with van der Waals surface area (Å²) in [6, 6.07) is 4.18. The molecule has 1 aromatic rings. The average Bonchev–Trinajstić information content (AvgIpc) is 2.35. The van der Waals surface area contributed by atoms with Crippen LogP contribution in [-0.2, 0) is 14.8 Å². The molecule has 0 saturated heterocycles. The topological polar surface area (TPSA) is 84.5 Å². The van der Waals surface area contributed by atoms with Crippen LogP contribution in [0.1, 0.15) is 32.4 Å². The molecule has 1 aromatic carbocycles. The third kappa shape index (κ3) is 7.39. The van der Waals surface area contributed by atoms with E-state index < -0.39 is 27.8 Å². The number of halogens is 2. The number of ether oxygens (including phenoxy) is 1. The van der Waals surface area contributed by atoms with Crippen molar-refractivity contribution < 1.29 is 17.9 Å². The van der Waals surface area contributed by atoms with E-state index in [-0.39, 0.29) is 11.6 Å². The first-order chi connectivity index (χ1) is 10.4. The lowest BCUT2D eigenvalue weighted by Gasteiger charge is -2.24. The lowest BCUT2D eigenvalue weighted by molar-refractivity contribution is 0.0504. The van der Waals surface area contributed by atoms with Gasteiger partial charge >= 0.3 is 6.09 Å². The molecule has 0 aliphatic carbocycles. The minimum atomic E-state index is -3.44. The highest BCUT2D eigenvalue weighted by molar-refractivity contribution is 7.88. The Balaban J connectivity index is 3.02. The fourth-order valence-electron chi connectivity index (χ4n) is 1.71. The third-order valence-corrected chi connectivity index (χ3v) is 4.12. The third-order valence-electron chi connectivity index (χ3n) is 2.60. The van der Waals surface area contributed by atoms with Gasteiger partial charge in [-0.25, -0.2) is 17.9 Å². The minimum absolute atomic E-state index is 0.0852. The molecule has 0 spiro atoms. The molecule has 130 valence electrons. The van der Waals surface area contributed by atoms with Crippen LogP contribution in [0.5, 0.6) is 0 Å². The predicted octanol–water partition coefficient (Wildman–Crippen LogP) is 3.11. The maximum atomic E-state index is 12.0. The summed E-state index contributed by atoms with van der Waals surface area (Å²) >= 11 is 12.1. The fourth-order valence-corrected chi connectivity index (χ4v) is 2.62. The van der Waals surface area contributed by atoms with Gasteiger partial charge in [0, 0.05) is 6.54 Å². The van der Waals surface area contributed by atoms with Crippen LogP contribution in [-0.4, -0.2) is 32.9 Å². The summed E-state index contributed by atoms with van der Waals surface area (Å²) in [6.07, 6.45) is 0.339. The first-order valence-electron chi connectivity index (χ1n) is 6.77. The number of alkyl carbamates (subject to hydrolysis) is 1. The van der Waals surface area contributed by atoms with Crippen molar-refractivity contribution in [2.75, 3.05) is 12.8 Å². The van der Waals surface area contributed by atoms with Crippen molar-refractivity contribution in [1.29, 1.82) is 0 Å². The summed E-state index contributed by atoms with van der Waals surface area (Å²) in [5.74, 6) is 0. The van der Waals surface area contributed by atoms with Crippen molar-refractivity contribution in [3.8, 4) is 0 Å². The summed E-state index contributed by atoms with van der Waals surface area (Å²) in [5.41, 5.74) is -0.196. The molecule has 0 fully saturated rings. The quantitative estimate of drug-likeness (QED) is 0.818. The van der Waals surface area contributed by atoms with E-state index in [1.54, 1.807) is 39.0 Å². The summed E-state index contributed by atoms with van der Waals surface area (Å²) in [4.78, 5) is 12.0. The van der Waals surface area contributed by atoms with E-state index in [9.17, 15) is 13.2 Å². The Morgan fingerprint density at radius 3 is 2.43 bits per heavy atom. The number of benzene rings is 1. The maximum absolute atomic E-state index is 12.0. The fraction of sp³-hybridized carbons (Fsp3) is 0.500. The van der Waals surface area contributed by atoms with Crippen molar-refractivity contribution in [2.45, 2.75) is 32.4 Å². The van der Waals surface area contributed by atoms with Crippen LogP contribution in [0, 0.1) is 0 Å². The summed E-state index contributed by atoms with van der Waals surface area (Å²) < 4.78 is 30.2. The zero-order valence-corrected chi connectivity index (χ0v) is 15.6. The second-order valence-electron chi connectivity index (χ2n) is 5.96. The van der Waals surface area contributed by atoms with Crippen molar-refractivity contribution in [3.63, 3.8) is 0 Å². The standard InChI is InChI=1S/C14H20Cl2N2O4S/c1-14(2,3)22-13(19)18-11(8-17-23(4,20)21)9-6-5-7-10(15)12(9)16/h5-7,11,17H,8H2,1-4H3,(H,18,19). The molecule has 1 unspecified atom stereocenters. The van der Waals surface area contributed by atoms with Crippen molar-refractivity contribution >= 4 is 39.3 Å². The Kier molecular flexibility index (Phi) is 6.70. The first-order valence-corrected chi connectivity index (χ1v) is 9.42. The van der Waals surface area contributed by atoms with E-state index in [0.29, 0.717) is 10.6 Å². The number of nitrogens with one attached hydrogen (secondary N) is 2. The highest BCUT2D eigenvalue weighted by atomic mass is 35.5. The Morgan fingerprint density at radius 1 is 1.30 bits per heavy atom. The number of hydrogen-bond acceptors (Lipinski definition) is 4. The van der Waals surface area contributed by atoms with Gasteiger partial charge < -0.3 is 10.1 Å². The van der Waals surface area contributed by atoms with Gasteiger partial charge in [0.2, 0.25) is 10.0 Å². The SMILES string of the molecule is CC(C)(C)OC(=O)NC(CNS(C)(=O)=O)c1cccc(Cl)c1Cl. The zero-order valence-electron chi connectivity index (χ0n) is 13.3. The molecule has 1 rings (SSSR count). The lowest BCUT2D eigenvalue weighted by atomic mass is 10.1. The van der Waals surface area contributed by atoms with Crippen molar-refractivity contribution in [1.82, 2.24) is 10.0 Å². The van der Waals surface area contributed by atoms with Gasteiger partial charge in [0.25, 0.3) is 0 Å². The van der Waals surface area contributed by atoms with E-state index in [2.05, 4.69) is 10.0 Å². The summed E-state index contributed by atoms with van der Waals surface area (Å²) in [5, 5.41) is 3.15. The number of hydrogen-bond donors (Lipinski definition) is 2. The molecular formula is C14H20Cl2N2O4S. The Morgan fingerprint density at radius 2 is 1.91 bits per heavy atom. The van der Waals surface area contributed by atoms with Crippen LogP contribution in [0.3, 0.4) is 0 Å². The number of carbonyl (C=O) groups excluding carboxylic acids is 1. The van der Waals surface area contributed by atoms with E-state index >= 15 is 0 Å². The molecule has 1 amide bonds. The van der Waals surface area contributed by atoms with Gasteiger partial charge in [-0.2, -0.15) is 0 Å². The van der Waals surface area contributed by atoms with Crippen LogP contribution >= 0.6 is 23.2 Å². The Hall–Kier alpha value is -1.02. The first kappa shape index (κ1) is 20.0. The monoisotopic (exact) mass is 382 g/mol. The smallest absolute Gasteiger partial charge is 0.408 e. The molecule has 6 nitrogen and oxygen atoms in total. The molecule has 0 aliphatic heterocycles. The molecule has 0 saturated carbocycles. The molecule has 0 bridgehead atoms. The Bertz CT molecular complexity index is 672. The van der Waals surface area contributed by atoms with Gasteiger partial charge in [-0.3, -0.25) is 0 Å². The van der Waals surface area contributed by atoms with Crippen LogP contribution < -0.4 is 10.0 Å². The molecular weight excluding hydrogens is 363 g/mol. The van der Waals surface area contributed by atoms with Crippen LogP contribution in [0.25, 0.3) is 0 Å². The largest absolute Gasteiger partial charge is 0.444 e.